The van der Waals surface area contributed by atoms with Crippen molar-refractivity contribution >= 4 is 17.6 Å². The highest BCUT2D eigenvalue weighted by Gasteiger charge is 2.17. The van der Waals surface area contributed by atoms with E-state index in [0.717, 1.165) is 0 Å². The van der Waals surface area contributed by atoms with Crippen LogP contribution in [0.5, 0.6) is 5.75 Å². The summed E-state index contributed by atoms with van der Waals surface area (Å²) < 4.78 is 4.96. The summed E-state index contributed by atoms with van der Waals surface area (Å²) in [5, 5.41) is 11.7. The lowest BCUT2D eigenvalue weighted by Crippen LogP contribution is -2.31. The zero-order valence-corrected chi connectivity index (χ0v) is 11.8. The molecule has 110 valence electrons. The zero-order valence-electron chi connectivity index (χ0n) is 11.8. The summed E-state index contributed by atoms with van der Waals surface area (Å²) in [4.78, 5) is 23.0. The quantitative estimate of drug-likeness (QED) is 0.736. The Labute approximate surface area is 117 Å². The van der Waals surface area contributed by atoms with Crippen molar-refractivity contribution < 1.29 is 19.4 Å². The molecule has 0 fully saturated rings. The van der Waals surface area contributed by atoms with E-state index in [4.69, 9.17) is 15.6 Å². The smallest absolute Gasteiger partial charge is 0.337 e. The molecule has 0 heterocycles. The van der Waals surface area contributed by atoms with Gasteiger partial charge in [0.05, 0.1) is 18.4 Å². The topological polar surface area (TPSA) is 102 Å². The maximum absolute atomic E-state index is 11.8. The lowest BCUT2D eigenvalue weighted by Gasteiger charge is -2.16. The van der Waals surface area contributed by atoms with Gasteiger partial charge in [-0.05, 0) is 24.1 Å². The van der Waals surface area contributed by atoms with Crippen molar-refractivity contribution in [2.45, 2.75) is 26.3 Å². The van der Waals surface area contributed by atoms with Crippen LogP contribution >= 0.6 is 0 Å². The summed E-state index contributed by atoms with van der Waals surface area (Å²) in [7, 11) is 1.45. The first-order valence-electron chi connectivity index (χ1n) is 6.32. The fourth-order valence-corrected chi connectivity index (χ4v) is 1.59. The van der Waals surface area contributed by atoms with Crippen LogP contribution in [0.25, 0.3) is 0 Å². The van der Waals surface area contributed by atoms with Crippen LogP contribution in [0.15, 0.2) is 18.2 Å². The van der Waals surface area contributed by atoms with Crippen molar-refractivity contribution in [1.29, 1.82) is 0 Å². The second kappa shape index (κ2) is 6.91. The first-order valence-corrected chi connectivity index (χ1v) is 6.32. The van der Waals surface area contributed by atoms with Crippen LogP contribution < -0.4 is 15.8 Å². The molecule has 4 N–H and O–H groups in total. The van der Waals surface area contributed by atoms with E-state index in [1.54, 1.807) is 6.07 Å². The molecule has 0 saturated carbocycles. The summed E-state index contributed by atoms with van der Waals surface area (Å²) >= 11 is 0. The minimum absolute atomic E-state index is 0.0178. The molecule has 0 saturated heterocycles. The molecule has 1 aromatic rings. The Morgan fingerprint density at radius 1 is 1.40 bits per heavy atom. The zero-order chi connectivity index (χ0) is 15.3. The fourth-order valence-electron chi connectivity index (χ4n) is 1.59. The number of carbonyl (C=O) groups excluding carboxylic acids is 1. The fraction of sp³-hybridized carbons (Fsp3) is 0.429. The third kappa shape index (κ3) is 4.24. The molecule has 1 atom stereocenters. The number of hydrogen-bond acceptors (Lipinski definition) is 4. The van der Waals surface area contributed by atoms with Crippen LogP contribution in [-0.2, 0) is 4.79 Å². The number of nitrogens with two attached hydrogens (primary N) is 1. The standard InChI is InChI=1S/C14H20N2O4/c1-8(2)11(15)7-13(17)16-12-5-4-9(20-3)6-10(12)14(18)19/h4-6,8,11H,7,15H2,1-3H3,(H,16,17)(H,18,19). The Bertz CT molecular complexity index is 500. The summed E-state index contributed by atoms with van der Waals surface area (Å²) in [5.74, 6) is -0.846. The number of anilines is 1. The lowest BCUT2D eigenvalue weighted by molar-refractivity contribution is -0.116. The van der Waals surface area contributed by atoms with Crippen LogP contribution in [-0.4, -0.2) is 30.1 Å². The van der Waals surface area contributed by atoms with Gasteiger partial charge in [0.1, 0.15) is 5.75 Å². The monoisotopic (exact) mass is 280 g/mol. The Hall–Kier alpha value is -2.08. The molecule has 0 aliphatic heterocycles. The molecular formula is C14H20N2O4. The Kier molecular flexibility index (Phi) is 5.52. The predicted molar refractivity (Wildman–Crippen MR) is 76.0 cm³/mol. The number of hydrogen-bond donors (Lipinski definition) is 3. The molecule has 0 aliphatic carbocycles. The number of aromatic carboxylic acids is 1. The molecule has 0 bridgehead atoms. The molecule has 20 heavy (non-hydrogen) atoms. The number of amides is 1. The molecule has 6 nitrogen and oxygen atoms in total. The summed E-state index contributed by atoms with van der Waals surface area (Å²) in [6.07, 6.45) is 0.142. The number of rotatable bonds is 6. The third-order valence-electron chi connectivity index (χ3n) is 3.01. The van der Waals surface area contributed by atoms with Gasteiger partial charge in [-0.15, -0.1) is 0 Å². The SMILES string of the molecule is COc1ccc(NC(=O)CC(N)C(C)C)c(C(=O)O)c1. The van der Waals surface area contributed by atoms with E-state index in [2.05, 4.69) is 5.32 Å². The van der Waals surface area contributed by atoms with Crippen molar-refractivity contribution in [2.75, 3.05) is 12.4 Å². The summed E-state index contributed by atoms with van der Waals surface area (Å²) in [6.45, 7) is 3.85. The van der Waals surface area contributed by atoms with Gasteiger partial charge in [-0.25, -0.2) is 4.79 Å². The van der Waals surface area contributed by atoms with Crippen LogP contribution in [0, 0.1) is 5.92 Å². The van der Waals surface area contributed by atoms with Crippen molar-refractivity contribution in [3.8, 4) is 5.75 Å². The average Bonchev–Trinajstić information content (AvgIpc) is 2.38. The summed E-state index contributed by atoms with van der Waals surface area (Å²) in [5.41, 5.74) is 6.04. The molecule has 1 aromatic carbocycles. The van der Waals surface area contributed by atoms with Gasteiger partial charge >= 0.3 is 5.97 Å². The predicted octanol–water partition coefficient (Wildman–Crippen LogP) is 1.71. The third-order valence-corrected chi connectivity index (χ3v) is 3.01. The van der Waals surface area contributed by atoms with Gasteiger partial charge in [0.15, 0.2) is 0 Å². The highest BCUT2D eigenvalue weighted by atomic mass is 16.5. The number of carboxylic acids is 1. The van der Waals surface area contributed by atoms with Gasteiger partial charge in [-0.1, -0.05) is 13.8 Å². The number of nitrogens with one attached hydrogen (secondary N) is 1. The molecule has 1 amide bonds. The number of methoxy groups -OCH3 is 1. The van der Waals surface area contributed by atoms with Gasteiger partial charge in [0, 0.05) is 12.5 Å². The minimum atomic E-state index is -1.13. The number of carboxylic acid groups (broad SMARTS) is 1. The Morgan fingerprint density at radius 3 is 2.55 bits per heavy atom. The molecule has 6 heteroatoms. The van der Waals surface area contributed by atoms with Gasteiger partial charge in [-0.2, -0.15) is 0 Å². The van der Waals surface area contributed by atoms with Gasteiger partial charge in [0.25, 0.3) is 0 Å². The van der Waals surface area contributed by atoms with E-state index in [1.165, 1.54) is 19.2 Å². The largest absolute Gasteiger partial charge is 0.497 e. The number of ether oxygens (including phenoxy) is 1. The van der Waals surface area contributed by atoms with Crippen molar-refractivity contribution in [3.63, 3.8) is 0 Å². The van der Waals surface area contributed by atoms with E-state index in [-0.39, 0.29) is 35.5 Å². The summed E-state index contributed by atoms with van der Waals surface area (Å²) in [6, 6.07) is 4.19. The maximum Gasteiger partial charge on any atom is 0.337 e. The number of carbonyl (C=O) groups is 2. The van der Waals surface area contributed by atoms with E-state index in [0.29, 0.717) is 5.75 Å². The van der Waals surface area contributed by atoms with E-state index in [9.17, 15) is 9.59 Å². The number of benzene rings is 1. The van der Waals surface area contributed by atoms with Crippen LogP contribution in [0.1, 0.15) is 30.6 Å². The van der Waals surface area contributed by atoms with Crippen LogP contribution in [0.4, 0.5) is 5.69 Å². The van der Waals surface area contributed by atoms with Crippen LogP contribution in [0.2, 0.25) is 0 Å². The molecule has 0 spiro atoms. The van der Waals surface area contributed by atoms with Crippen molar-refractivity contribution in [2.24, 2.45) is 11.7 Å². The van der Waals surface area contributed by atoms with Crippen LogP contribution in [0.3, 0.4) is 0 Å². The lowest BCUT2D eigenvalue weighted by atomic mass is 10.0. The molecule has 0 aromatic heterocycles. The highest BCUT2D eigenvalue weighted by Crippen LogP contribution is 2.22. The van der Waals surface area contributed by atoms with E-state index < -0.39 is 5.97 Å². The highest BCUT2D eigenvalue weighted by molar-refractivity contribution is 6.01. The van der Waals surface area contributed by atoms with Gasteiger partial charge < -0.3 is 20.9 Å². The molecule has 0 aliphatic rings. The van der Waals surface area contributed by atoms with E-state index in [1.807, 2.05) is 13.8 Å². The molecular weight excluding hydrogens is 260 g/mol. The second-order valence-electron chi connectivity index (χ2n) is 4.88. The maximum atomic E-state index is 11.8. The van der Waals surface area contributed by atoms with Crippen molar-refractivity contribution in [3.05, 3.63) is 23.8 Å². The molecule has 1 rings (SSSR count). The Balaban J connectivity index is 2.86. The van der Waals surface area contributed by atoms with Gasteiger partial charge in [0.2, 0.25) is 5.91 Å². The van der Waals surface area contributed by atoms with E-state index >= 15 is 0 Å². The molecule has 1 unspecified atom stereocenters. The first-order chi connectivity index (χ1) is 9.35. The first kappa shape index (κ1) is 16.0. The molecule has 0 radical (unpaired) electrons. The minimum Gasteiger partial charge on any atom is -0.497 e. The Morgan fingerprint density at radius 2 is 2.05 bits per heavy atom. The normalized spacial score (nSPS) is 12.1. The van der Waals surface area contributed by atoms with Crippen molar-refractivity contribution in [1.82, 2.24) is 0 Å². The average molecular weight is 280 g/mol. The van der Waals surface area contributed by atoms with Gasteiger partial charge in [-0.3, -0.25) is 4.79 Å². The second-order valence-corrected chi connectivity index (χ2v) is 4.88.